The minimum atomic E-state index is -0.903. The fourth-order valence-electron chi connectivity index (χ4n) is 1.69. The lowest BCUT2D eigenvalue weighted by atomic mass is 10.1. The highest BCUT2D eigenvalue weighted by atomic mass is 35.5. The van der Waals surface area contributed by atoms with E-state index in [2.05, 4.69) is 25.9 Å². The van der Waals surface area contributed by atoms with Crippen LogP contribution in [0.5, 0.6) is 5.75 Å². The Labute approximate surface area is 115 Å². The largest absolute Gasteiger partial charge is 0.502 e. The van der Waals surface area contributed by atoms with E-state index in [4.69, 9.17) is 11.6 Å². The fraction of sp³-hybridized carbons (Fsp3) is 0. The van der Waals surface area contributed by atoms with Crippen molar-refractivity contribution in [3.63, 3.8) is 0 Å². The molecule has 0 radical (unpaired) electrons. The van der Waals surface area contributed by atoms with Crippen LogP contribution in [0.3, 0.4) is 0 Å². The monoisotopic (exact) mass is 291 g/mol. The molecule has 3 aromatic rings. The molecule has 0 bridgehead atoms. The zero-order valence-electron chi connectivity index (χ0n) is 9.72. The lowest BCUT2D eigenvalue weighted by Gasteiger charge is -2.10. The molecule has 0 aliphatic heterocycles. The topological polar surface area (TPSA) is 121 Å². The number of aromatic hydroxyl groups is 1. The number of nitrogens with one attached hydrogen (secondary N) is 2. The highest BCUT2D eigenvalue weighted by Crippen LogP contribution is 2.30. The highest BCUT2D eigenvalue weighted by Gasteiger charge is 2.20. The van der Waals surface area contributed by atoms with Gasteiger partial charge in [-0.1, -0.05) is 11.6 Å². The van der Waals surface area contributed by atoms with Crippen LogP contribution in [0.15, 0.2) is 27.8 Å². The molecule has 3 N–H and O–H groups in total. The molecular formula is C11H6ClN5O3. The summed E-state index contributed by atoms with van der Waals surface area (Å²) >= 11 is 6.02. The minimum absolute atomic E-state index is 0.142. The SMILES string of the molecule is O=c1c(O)c(Nc2ccc(Cl)c(-c3nn[nH]n3)c2)c1=O. The van der Waals surface area contributed by atoms with Crippen molar-refractivity contribution in [2.75, 3.05) is 5.32 Å². The van der Waals surface area contributed by atoms with Crippen molar-refractivity contribution in [3.8, 4) is 17.1 Å². The Balaban J connectivity index is 1.99. The molecule has 0 aliphatic rings. The first-order chi connectivity index (χ1) is 9.58. The lowest BCUT2D eigenvalue weighted by Crippen LogP contribution is -2.32. The second-order valence-electron chi connectivity index (χ2n) is 3.94. The number of hydrogen-bond donors (Lipinski definition) is 3. The van der Waals surface area contributed by atoms with Crippen LogP contribution in [-0.2, 0) is 0 Å². The molecule has 2 aromatic carbocycles. The number of hydrogen-bond acceptors (Lipinski definition) is 7. The molecule has 0 saturated carbocycles. The molecule has 9 heteroatoms. The average Bonchev–Trinajstić information content (AvgIpc) is 2.99. The molecule has 0 aliphatic carbocycles. The van der Waals surface area contributed by atoms with E-state index in [0.717, 1.165) is 0 Å². The first-order valence-electron chi connectivity index (χ1n) is 5.40. The van der Waals surface area contributed by atoms with Crippen molar-refractivity contribution in [3.05, 3.63) is 43.7 Å². The lowest BCUT2D eigenvalue weighted by molar-refractivity contribution is 0.466. The summed E-state index contributed by atoms with van der Waals surface area (Å²) in [7, 11) is 0. The Kier molecular flexibility index (Phi) is 2.72. The summed E-state index contributed by atoms with van der Waals surface area (Å²) in [5, 5.41) is 25.7. The van der Waals surface area contributed by atoms with E-state index in [1.165, 1.54) is 0 Å². The third-order valence-electron chi connectivity index (χ3n) is 2.71. The number of anilines is 2. The van der Waals surface area contributed by atoms with Gasteiger partial charge in [-0.25, -0.2) is 0 Å². The minimum Gasteiger partial charge on any atom is -0.502 e. The molecule has 0 spiro atoms. The van der Waals surface area contributed by atoms with Crippen LogP contribution in [-0.4, -0.2) is 25.7 Å². The summed E-state index contributed by atoms with van der Waals surface area (Å²) in [6, 6.07) is 4.73. The van der Waals surface area contributed by atoms with Gasteiger partial charge in [0.05, 0.1) is 5.02 Å². The molecule has 20 heavy (non-hydrogen) atoms. The number of nitrogens with zero attached hydrogens (tertiary/aromatic N) is 3. The summed E-state index contributed by atoms with van der Waals surface area (Å²) < 4.78 is 0. The zero-order chi connectivity index (χ0) is 14.3. The molecule has 100 valence electrons. The second kappa shape index (κ2) is 4.42. The number of H-pyrrole nitrogens is 1. The molecule has 8 nitrogen and oxygen atoms in total. The zero-order valence-corrected chi connectivity index (χ0v) is 10.5. The van der Waals surface area contributed by atoms with Gasteiger partial charge in [0.25, 0.3) is 10.9 Å². The Morgan fingerprint density at radius 3 is 2.70 bits per heavy atom. The summed E-state index contributed by atoms with van der Waals surface area (Å²) in [4.78, 5) is 22.2. The van der Waals surface area contributed by atoms with Gasteiger partial charge in [-0.05, 0) is 23.4 Å². The van der Waals surface area contributed by atoms with Gasteiger partial charge in [0.15, 0.2) is 5.75 Å². The average molecular weight is 292 g/mol. The molecule has 0 fully saturated rings. The van der Waals surface area contributed by atoms with Crippen molar-refractivity contribution in [2.45, 2.75) is 0 Å². The number of tetrazole rings is 1. The maximum atomic E-state index is 11.3. The maximum Gasteiger partial charge on any atom is 0.271 e. The van der Waals surface area contributed by atoms with Crippen molar-refractivity contribution >= 4 is 23.0 Å². The number of aromatic nitrogens is 4. The highest BCUT2D eigenvalue weighted by molar-refractivity contribution is 6.33. The summed E-state index contributed by atoms with van der Waals surface area (Å²) in [5.41, 5.74) is -0.866. The summed E-state index contributed by atoms with van der Waals surface area (Å²) in [5.74, 6) is -0.293. The number of aromatic amines is 1. The molecular weight excluding hydrogens is 286 g/mol. The first-order valence-corrected chi connectivity index (χ1v) is 5.78. The van der Waals surface area contributed by atoms with Gasteiger partial charge < -0.3 is 10.4 Å². The summed E-state index contributed by atoms with van der Waals surface area (Å²) in [6.07, 6.45) is 0. The van der Waals surface area contributed by atoms with Gasteiger partial charge in [-0.2, -0.15) is 5.21 Å². The van der Waals surface area contributed by atoms with Crippen LogP contribution in [0.2, 0.25) is 5.02 Å². The van der Waals surface area contributed by atoms with Crippen LogP contribution in [0, 0.1) is 0 Å². The molecule has 0 atom stereocenters. The molecule has 0 unspecified atom stereocenters. The number of benzene rings is 1. The first kappa shape index (κ1) is 12.3. The molecule has 1 aromatic heterocycles. The van der Waals surface area contributed by atoms with E-state index in [1.807, 2.05) is 0 Å². The molecule has 1 heterocycles. The van der Waals surface area contributed by atoms with E-state index < -0.39 is 16.6 Å². The quantitative estimate of drug-likeness (QED) is 0.603. The van der Waals surface area contributed by atoms with E-state index in [9.17, 15) is 14.7 Å². The summed E-state index contributed by atoms with van der Waals surface area (Å²) in [6.45, 7) is 0. The van der Waals surface area contributed by atoms with Crippen molar-refractivity contribution < 1.29 is 5.11 Å². The molecule has 0 amide bonds. The van der Waals surface area contributed by atoms with Crippen LogP contribution >= 0.6 is 11.6 Å². The maximum absolute atomic E-state index is 11.3. The number of halogens is 1. The standard InChI is InChI=1S/C11H6ClN5O3/c12-6-2-1-4(3-5(6)11-14-16-17-15-11)13-7-8(18)10(20)9(7)19/h1-3,13,18H,(H,14,15,16,17). The van der Waals surface area contributed by atoms with E-state index >= 15 is 0 Å². The third-order valence-corrected chi connectivity index (χ3v) is 3.04. The second-order valence-corrected chi connectivity index (χ2v) is 4.34. The van der Waals surface area contributed by atoms with E-state index in [0.29, 0.717) is 16.3 Å². The fourth-order valence-corrected chi connectivity index (χ4v) is 1.89. The van der Waals surface area contributed by atoms with Crippen LogP contribution in [0.1, 0.15) is 0 Å². The normalized spacial score (nSPS) is 10.8. The van der Waals surface area contributed by atoms with Crippen LogP contribution in [0.25, 0.3) is 11.4 Å². The van der Waals surface area contributed by atoms with Crippen molar-refractivity contribution in [1.29, 1.82) is 0 Å². The van der Waals surface area contributed by atoms with Crippen molar-refractivity contribution in [1.82, 2.24) is 20.6 Å². The Bertz CT molecular complexity index is 852. The van der Waals surface area contributed by atoms with Gasteiger partial charge in [-0.3, -0.25) is 9.59 Å². The van der Waals surface area contributed by atoms with Gasteiger partial charge in [0.1, 0.15) is 5.69 Å². The van der Waals surface area contributed by atoms with Crippen molar-refractivity contribution in [2.24, 2.45) is 0 Å². The van der Waals surface area contributed by atoms with Gasteiger partial charge in [0.2, 0.25) is 5.82 Å². The Morgan fingerprint density at radius 1 is 1.25 bits per heavy atom. The molecule has 3 rings (SSSR count). The third kappa shape index (κ3) is 1.82. The van der Waals surface area contributed by atoms with E-state index in [-0.39, 0.29) is 11.5 Å². The van der Waals surface area contributed by atoms with Crippen LogP contribution < -0.4 is 16.2 Å². The Morgan fingerprint density at radius 2 is 2.05 bits per heavy atom. The Hall–Kier alpha value is -2.74. The smallest absolute Gasteiger partial charge is 0.271 e. The van der Waals surface area contributed by atoms with Gasteiger partial charge in [0, 0.05) is 11.3 Å². The van der Waals surface area contributed by atoms with Crippen LogP contribution in [0.4, 0.5) is 11.4 Å². The van der Waals surface area contributed by atoms with E-state index in [1.54, 1.807) is 18.2 Å². The number of rotatable bonds is 3. The predicted octanol–water partition coefficient (Wildman–Crippen LogP) is 0.565. The van der Waals surface area contributed by atoms with Gasteiger partial charge >= 0.3 is 0 Å². The predicted molar refractivity (Wildman–Crippen MR) is 70.9 cm³/mol. The molecule has 0 saturated heterocycles. The van der Waals surface area contributed by atoms with Gasteiger partial charge in [-0.15, -0.1) is 10.2 Å².